The highest BCUT2D eigenvalue weighted by Crippen LogP contribution is 2.26. The summed E-state index contributed by atoms with van der Waals surface area (Å²) in [4.78, 5) is 0. The van der Waals surface area contributed by atoms with Gasteiger partial charge in [-0.1, -0.05) is 12.1 Å². The summed E-state index contributed by atoms with van der Waals surface area (Å²) in [5.74, 6) is 1.60. The first-order valence-corrected chi connectivity index (χ1v) is 5.84. The zero-order valence-electron chi connectivity index (χ0n) is 9.82. The normalized spacial score (nSPS) is 10.1. The summed E-state index contributed by atoms with van der Waals surface area (Å²) in [5, 5.41) is 8.64. The van der Waals surface area contributed by atoms with Gasteiger partial charge in [0, 0.05) is 6.61 Å². The van der Waals surface area contributed by atoms with Gasteiger partial charge in [0.15, 0.2) is 11.5 Å². The van der Waals surface area contributed by atoms with Crippen LogP contribution in [0.15, 0.2) is 24.3 Å². The van der Waals surface area contributed by atoms with Crippen molar-refractivity contribution in [1.29, 1.82) is 0 Å². The van der Waals surface area contributed by atoms with E-state index in [-0.39, 0.29) is 6.61 Å². The molecular formula is C13H20O3. The molecule has 0 fully saturated rings. The summed E-state index contributed by atoms with van der Waals surface area (Å²) >= 11 is 0. The lowest BCUT2D eigenvalue weighted by molar-refractivity contribution is 0.255. The molecule has 16 heavy (non-hydrogen) atoms. The highest BCUT2D eigenvalue weighted by atomic mass is 16.5. The zero-order valence-corrected chi connectivity index (χ0v) is 9.82. The zero-order chi connectivity index (χ0) is 11.6. The Bertz CT molecular complexity index is 286. The third-order valence-electron chi connectivity index (χ3n) is 2.21. The van der Waals surface area contributed by atoms with E-state index in [2.05, 4.69) is 0 Å². The second-order valence-corrected chi connectivity index (χ2v) is 3.51. The first kappa shape index (κ1) is 12.8. The van der Waals surface area contributed by atoms with Crippen LogP contribution in [0.1, 0.15) is 26.2 Å². The van der Waals surface area contributed by atoms with Gasteiger partial charge in [-0.15, -0.1) is 0 Å². The van der Waals surface area contributed by atoms with Gasteiger partial charge in [0.2, 0.25) is 0 Å². The number of benzene rings is 1. The molecule has 3 heteroatoms. The molecule has 0 aliphatic heterocycles. The highest BCUT2D eigenvalue weighted by Gasteiger charge is 2.02. The van der Waals surface area contributed by atoms with Crippen LogP contribution in [0.25, 0.3) is 0 Å². The van der Waals surface area contributed by atoms with E-state index >= 15 is 0 Å². The lowest BCUT2D eigenvalue weighted by Gasteiger charge is -2.11. The lowest BCUT2D eigenvalue weighted by atomic mass is 10.2. The van der Waals surface area contributed by atoms with E-state index in [0.29, 0.717) is 13.2 Å². The summed E-state index contributed by atoms with van der Waals surface area (Å²) in [6, 6.07) is 7.69. The standard InChI is InChI=1S/C13H20O3/c1-2-15-12-8-4-5-9-13(12)16-11-7-3-6-10-14/h4-5,8-9,14H,2-3,6-7,10-11H2,1H3. The average molecular weight is 224 g/mol. The third kappa shape index (κ3) is 4.53. The van der Waals surface area contributed by atoms with E-state index in [1.807, 2.05) is 31.2 Å². The van der Waals surface area contributed by atoms with Crippen molar-refractivity contribution < 1.29 is 14.6 Å². The third-order valence-corrected chi connectivity index (χ3v) is 2.21. The SMILES string of the molecule is CCOc1ccccc1OCCCCCO. The van der Waals surface area contributed by atoms with E-state index in [1.165, 1.54) is 0 Å². The Kier molecular flexibility index (Phi) is 6.42. The van der Waals surface area contributed by atoms with Crippen molar-refractivity contribution in [3.05, 3.63) is 24.3 Å². The maximum absolute atomic E-state index is 8.64. The van der Waals surface area contributed by atoms with Gasteiger partial charge in [-0.25, -0.2) is 0 Å². The minimum Gasteiger partial charge on any atom is -0.490 e. The number of unbranched alkanes of at least 4 members (excludes halogenated alkanes) is 2. The number of hydrogen-bond acceptors (Lipinski definition) is 3. The molecule has 0 spiro atoms. The summed E-state index contributed by atoms with van der Waals surface area (Å²) in [6.45, 7) is 3.53. The molecule has 0 heterocycles. The quantitative estimate of drug-likeness (QED) is 0.690. The van der Waals surface area contributed by atoms with Gasteiger partial charge < -0.3 is 14.6 Å². The largest absolute Gasteiger partial charge is 0.490 e. The second-order valence-electron chi connectivity index (χ2n) is 3.51. The smallest absolute Gasteiger partial charge is 0.161 e. The molecule has 3 nitrogen and oxygen atoms in total. The van der Waals surface area contributed by atoms with Crippen LogP contribution in [0.5, 0.6) is 11.5 Å². The van der Waals surface area contributed by atoms with Crippen molar-refractivity contribution in [2.75, 3.05) is 19.8 Å². The van der Waals surface area contributed by atoms with Crippen LogP contribution in [0.4, 0.5) is 0 Å². The summed E-state index contributed by atoms with van der Waals surface area (Å²) in [6.07, 6.45) is 2.80. The molecule has 0 bridgehead atoms. The van der Waals surface area contributed by atoms with Gasteiger partial charge in [-0.05, 0) is 38.3 Å². The van der Waals surface area contributed by atoms with Crippen molar-refractivity contribution in [3.8, 4) is 11.5 Å². The number of aliphatic hydroxyl groups excluding tert-OH is 1. The van der Waals surface area contributed by atoms with Crippen LogP contribution in [0.3, 0.4) is 0 Å². The fraction of sp³-hybridized carbons (Fsp3) is 0.538. The predicted molar refractivity (Wildman–Crippen MR) is 64.0 cm³/mol. The number of para-hydroxylation sites is 2. The Morgan fingerprint density at radius 1 is 1.00 bits per heavy atom. The van der Waals surface area contributed by atoms with Crippen molar-refractivity contribution in [1.82, 2.24) is 0 Å². The number of ether oxygens (including phenoxy) is 2. The summed E-state index contributed by atoms with van der Waals surface area (Å²) in [5.41, 5.74) is 0. The molecule has 0 aliphatic carbocycles. The Balaban J connectivity index is 2.34. The molecular weight excluding hydrogens is 204 g/mol. The molecule has 1 aromatic carbocycles. The van der Waals surface area contributed by atoms with E-state index in [9.17, 15) is 0 Å². The first-order chi connectivity index (χ1) is 7.88. The van der Waals surface area contributed by atoms with Crippen LogP contribution in [0, 0.1) is 0 Å². The molecule has 0 amide bonds. The first-order valence-electron chi connectivity index (χ1n) is 5.84. The van der Waals surface area contributed by atoms with Gasteiger partial charge in [0.05, 0.1) is 13.2 Å². The maximum Gasteiger partial charge on any atom is 0.161 e. The Hall–Kier alpha value is -1.22. The van der Waals surface area contributed by atoms with E-state index in [0.717, 1.165) is 30.8 Å². The van der Waals surface area contributed by atoms with Gasteiger partial charge in [-0.2, -0.15) is 0 Å². The van der Waals surface area contributed by atoms with Crippen LogP contribution in [-0.4, -0.2) is 24.9 Å². The molecule has 90 valence electrons. The van der Waals surface area contributed by atoms with Crippen LogP contribution < -0.4 is 9.47 Å². The topological polar surface area (TPSA) is 38.7 Å². The molecule has 1 N–H and O–H groups in total. The molecule has 1 aromatic rings. The van der Waals surface area contributed by atoms with Crippen molar-refractivity contribution in [2.24, 2.45) is 0 Å². The van der Waals surface area contributed by atoms with Crippen molar-refractivity contribution in [2.45, 2.75) is 26.2 Å². The van der Waals surface area contributed by atoms with Gasteiger partial charge in [-0.3, -0.25) is 0 Å². The molecule has 0 radical (unpaired) electrons. The van der Waals surface area contributed by atoms with Crippen molar-refractivity contribution in [3.63, 3.8) is 0 Å². The number of aliphatic hydroxyl groups is 1. The second kappa shape index (κ2) is 7.99. The van der Waals surface area contributed by atoms with Crippen LogP contribution in [-0.2, 0) is 0 Å². The molecule has 0 aliphatic rings. The van der Waals surface area contributed by atoms with E-state index in [4.69, 9.17) is 14.6 Å². The lowest BCUT2D eigenvalue weighted by Crippen LogP contribution is -2.01. The van der Waals surface area contributed by atoms with E-state index in [1.54, 1.807) is 0 Å². The molecule has 0 aromatic heterocycles. The highest BCUT2D eigenvalue weighted by molar-refractivity contribution is 5.39. The van der Waals surface area contributed by atoms with Gasteiger partial charge in [0.25, 0.3) is 0 Å². The minimum absolute atomic E-state index is 0.259. The maximum atomic E-state index is 8.64. The molecule has 0 unspecified atom stereocenters. The van der Waals surface area contributed by atoms with Crippen LogP contribution in [0.2, 0.25) is 0 Å². The Labute approximate surface area is 97.0 Å². The Morgan fingerprint density at radius 3 is 2.31 bits per heavy atom. The number of rotatable bonds is 8. The molecule has 0 atom stereocenters. The fourth-order valence-corrected chi connectivity index (χ4v) is 1.42. The average Bonchev–Trinajstić information content (AvgIpc) is 2.31. The van der Waals surface area contributed by atoms with E-state index < -0.39 is 0 Å². The van der Waals surface area contributed by atoms with Crippen LogP contribution >= 0.6 is 0 Å². The molecule has 1 rings (SSSR count). The Morgan fingerprint density at radius 2 is 1.69 bits per heavy atom. The van der Waals surface area contributed by atoms with Gasteiger partial charge in [0.1, 0.15) is 0 Å². The summed E-state index contributed by atoms with van der Waals surface area (Å²) < 4.78 is 11.1. The minimum atomic E-state index is 0.259. The summed E-state index contributed by atoms with van der Waals surface area (Å²) in [7, 11) is 0. The fourth-order valence-electron chi connectivity index (χ4n) is 1.42. The number of hydrogen-bond donors (Lipinski definition) is 1. The molecule has 0 saturated carbocycles. The van der Waals surface area contributed by atoms with Gasteiger partial charge >= 0.3 is 0 Å². The predicted octanol–water partition coefficient (Wildman–Crippen LogP) is 2.63. The van der Waals surface area contributed by atoms with Crippen molar-refractivity contribution >= 4 is 0 Å². The monoisotopic (exact) mass is 224 g/mol. The molecule has 0 saturated heterocycles.